The van der Waals surface area contributed by atoms with Crippen molar-refractivity contribution in [3.8, 4) is 0 Å². The Morgan fingerprint density at radius 2 is 0.870 bits per heavy atom. The molecule has 7 fully saturated rings. The topological polar surface area (TPSA) is 48.1 Å². The molecule has 3 spiro atoms. The molecule has 46 heavy (non-hydrogen) atoms. The Morgan fingerprint density at radius 1 is 0.435 bits per heavy atom. The Kier molecular flexibility index (Phi) is 9.36. The predicted molar refractivity (Wildman–Crippen MR) is 195 cm³/mol. The lowest BCUT2D eigenvalue weighted by molar-refractivity contribution is -0.174. The van der Waals surface area contributed by atoms with Gasteiger partial charge >= 0.3 is 0 Å². The molecule has 3 saturated carbocycles. The minimum atomic E-state index is 0.439. The van der Waals surface area contributed by atoms with E-state index in [0.717, 1.165) is 23.7 Å². The summed E-state index contributed by atoms with van der Waals surface area (Å²) in [7, 11) is 0. The van der Waals surface area contributed by atoms with Gasteiger partial charge in [-0.05, 0) is 210 Å². The van der Waals surface area contributed by atoms with Gasteiger partial charge in [0, 0.05) is 13.1 Å². The highest BCUT2D eigenvalue weighted by atomic mass is 14.9. The summed E-state index contributed by atoms with van der Waals surface area (Å²) in [5.41, 5.74) is 3.72. The van der Waals surface area contributed by atoms with Gasteiger partial charge in [-0.1, -0.05) is 41.5 Å². The van der Waals surface area contributed by atoms with E-state index in [1.165, 1.54) is 162 Å². The van der Waals surface area contributed by atoms with Crippen LogP contribution in [0.4, 0.5) is 0 Å². The summed E-state index contributed by atoms with van der Waals surface area (Å²) in [4.78, 5) is 0. The van der Waals surface area contributed by atoms with Gasteiger partial charge in [0.15, 0.2) is 0 Å². The lowest BCUT2D eigenvalue weighted by Gasteiger charge is -2.67. The normalized spacial score (nSPS) is 34.0. The molecule has 7 rings (SSSR count). The first kappa shape index (κ1) is 34.3. The smallest absolute Gasteiger partial charge is 0.000850 e. The van der Waals surface area contributed by atoms with E-state index >= 15 is 0 Å². The molecular formula is C42H76N4. The van der Waals surface area contributed by atoms with Crippen molar-refractivity contribution >= 4 is 0 Å². The van der Waals surface area contributed by atoms with Crippen LogP contribution in [0, 0.1) is 61.6 Å². The molecule has 4 heteroatoms. The molecule has 4 heterocycles. The third-order valence-electron chi connectivity index (χ3n) is 17.9. The summed E-state index contributed by atoms with van der Waals surface area (Å²) in [6.07, 6.45) is 24.8. The monoisotopic (exact) mass is 637 g/mol. The summed E-state index contributed by atoms with van der Waals surface area (Å²) in [5.74, 6) is 3.64. The van der Waals surface area contributed by atoms with E-state index in [1.54, 1.807) is 0 Å². The molecule has 3 aliphatic carbocycles. The number of hydrogen-bond donors (Lipinski definition) is 4. The molecule has 264 valence electrons. The summed E-state index contributed by atoms with van der Waals surface area (Å²) >= 11 is 0. The van der Waals surface area contributed by atoms with Gasteiger partial charge in [0.25, 0.3) is 0 Å². The van der Waals surface area contributed by atoms with E-state index in [1.807, 2.05) is 0 Å². The summed E-state index contributed by atoms with van der Waals surface area (Å²) < 4.78 is 0. The first-order valence-corrected chi connectivity index (χ1v) is 20.7. The molecule has 7 aliphatic rings. The average molecular weight is 637 g/mol. The zero-order chi connectivity index (χ0) is 32.3. The third kappa shape index (κ3) is 6.21. The van der Waals surface area contributed by atoms with Crippen LogP contribution < -0.4 is 21.3 Å². The molecule has 2 atom stereocenters. The highest BCUT2D eigenvalue weighted by Gasteiger charge is 2.63. The minimum absolute atomic E-state index is 0.439. The standard InChI is InChI=1S/C42H76N4/c1-36(2,32-8-19-43-20-9-32)11-13-39(6,35-28-42(29-35)17-23-46-31-42)38(5,34-26-40(27-34)15-21-44-22-16-40)14-12-37(3,4)33-24-41(25-33)10-7-18-45-30-41/h32-35,43-46H,7-31H2,1-6H3/t33?,35?,38-,39?,41?,42?/m1/s1. The fourth-order valence-electron chi connectivity index (χ4n) is 13.4. The van der Waals surface area contributed by atoms with Gasteiger partial charge in [-0.25, -0.2) is 0 Å². The lowest BCUT2D eigenvalue weighted by atomic mass is 9.38. The van der Waals surface area contributed by atoms with Crippen molar-refractivity contribution in [3.05, 3.63) is 0 Å². The fourth-order valence-corrected chi connectivity index (χ4v) is 13.4. The van der Waals surface area contributed by atoms with Crippen LogP contribution in [0.15, 0.2) is 0 Å². The molecule has 4 aliphatic heterocycles. The Balaban J connectivity index is 1.13. The molecule has 4 nitrogen and oxygen atoms in total. The second kappa shape index (κ2) is 12.6. The SMILES string of the molecule is CC(C)(CCC(C)(C1CC2(CCNC2)C1)[C@](C)(CCC(C)(C)C1CC2(CCCNC2)C1)C1CC2(CCNCC2)C1)C1CCNCC1. The maximum absolute atomic E-state index is 3.79. The minimum Gasteiger partial charge on any atom is -0.317 e. The zero-order valence-corrected chi connectivity index (χ0v) is 31.5. The van der Waals surface area contributed by atoms with Crippen molar-refractivity contribution in [2.75, 3.05) is 52.4 Å². The van der Waals surface area contributed by atoms with Crippen LogP contribution in [-0.2, 0) is 0 Å². The highest BCUT2D eigenvalue weighted by Crippen LogP contribution is 2.71. The second-order valence-electron chi connectivity index (χ2n) is 21.1. The van der Waals surface area contributed by atoms with E-state index in [4.69, 9.17) is 0 Å². The number of nitrogens with one attached hydrogen (secondary N) is 4. The van der Waals surface area contributed by atoms with Crippen LogP contribution in [0.3, 0.4) is 0 Å². The van der Waals surface area contributed by atoms with E-state index < -0.39 is 0 Å². The van der Waals surface area contributed by atoms with Crippen LogP contribution in [0.2, 0.25) is 0 Å². The molecule has 0 bridgehead atoms. The number of hydrogen-bond acceptors (Lipinski definition) is 4. The van der Waals surface area contributed by atoms with Crippen molar-refractivity contribution in [2.24, 2.45) is 61.6 Å². The molecule has 0 radical (unpaired) electrons. The van der Waals surface area contributed by atoms with Crippen molar-refractivity contribution in [2.45, 2.75) is 151 Å². The molecule has 4 saturated heterocycles. The lowest BCUT2D eigenvalue weighted by Crippen LogP contribution is -2.60. The van der Waals surface area contributed by atoms with Gasteiger partial charge in [-0.3, -0.25) is 0 Å². The van der Waals surface area contributed by atoms with Crippen LogP contribution in [-0.4, -0.2) is 52.4 Å². The van der Waals surface area contributed by atoms with Crippen molar-refractivity contribution in [1.29, 1.82) is 0 Å². The van der Waals surface area contributed by atoms with E-state index in [9.17, 15) is 0 Å². The third-order valence-corrected chi connectivity index (χ3v) is 17.9. The van der Waals surface area contributed by atoms with Crippen LogP contribution in [0.25, 0.3) is 0 Å². The molecule has 1 unspecified atom stereocenters. The average Bonchev–Trinajstić information content (AvgIpc) is 3.52. The van der Waals surface area contributed by atoms with Gasteiger partial charge in [0.1, 0.15) is 0 Å². The zero-order valence-electron chi connectivity index (χ0n) is 31.5. The Labute approximate surface area is 285 Å². The quantitative estimate of drug-likeness (QED) is 0.184. The molecule has 0 aromatic heterocycles. The largest absolute Gasteiger partial charge is 0.317 e. The van der Waals surface area contributed by atoms with Gasteiger partial charge < -0.3 is 21.3 Å². The Bertz CT molecular complexity index is 1020. The van der Waals surface area contributed by atoms with E-state index in [2.05, 4.69) is 62.8 Å². The van der Waals surface area contributed by atoms with Crippen LogP contribution in [0.5, 0.6) is 0 Å². The molecule has 0 aromatic rings. The van der Waals surface area contributed by atoms with E-state index in [-0.39, 0.29) is 0 Å². The van der Waals surface area contributed by atoms with E-state index in [0.29, 0.717) is 37.9 Å². The first-order valence-electron chi connectivity index (χ1n) is 20.7. The first-order chi connectivity index (χ1) is 21.8. The Hall–Kier alpha value is -0.160. The van der Waals surface area contributed by atoms with Crippen LogP contribution in [0.1, 0.15) is 151 Å². The van der Waals surface area contributed by atoms with Crippen molar-refractivity contribution in [3.63, 3.8) is 0 Å². The van der Waals surface area contributed by atoms with Gasteiger partial charge in [-0.15, -0.1) is 0 Å². The Morgan fingerprint density at radius 3 is 1.41 bits per heavy atom. The maximum Gasteiger partial charge on any atom is 0.000850 e. The summed E-state index contributed by atoms with van der Waals surface area (Å²) in [6, 6.07) is 0. The van der Waals surface area contributed by atoms with Crippen molar-refractivity contribution in [1.82, 2.24) is 21.3 Å². The summed E-state index contributed by atoms with van der Waals surface area (Å²) in [6.45, 7) is 26.6. The van der Waals surface area contributed by atoms with Gasteiger partial charge in [0.05, 0.1) is 0 Å². The van der Waals surface area contributed by atoms with Crippen LogP contribution >= 0.6 is 0 Å². The molecule has 0 amide bonds. The molecule has 4 N–H and O–H groups in total. The van der Waals surface area contributed by atoms with Crippen molar-refractivity contribution < 1.29 is 0 Å². The second-order valence-corrected chi connectivity index (χ2v) is 21.1. The highest BCUT2D eigenvalue weighted by molar-refractivity contribution is 5.14. The maximum atomic E-state index is 3.79. The number of piperidine rings is 3. The van der Waals surface area contributed by atoms with Gasteiger partial charge in [-0.2, -0.15) is 0 Å². The molecule has 0 aromatic carbocycles. The van der Waals surface area contributed by atoms with Gasteiger partial charge in [0.2, 0.25) is 0 Å². The number of rotatable bonds is 11. The summed E-state index contributed by atoms with van der Waals surface area (Å²) in [5, 5.41) is 14.9. The predicted octanol–water partition coefficient (Wildman–Crippen LogP) is 8.56. The molecular weight excluding hydrogens is 560 g/mol. The fraction of sp³-hybridized carbons (Fsp3) is 1.00.